The van der Waals surface area contributed by atoms with Crippen LogP contribution in [0.15, 0.2) is 48.5 Å². The summed E-state index contributed by atoms with van der Waals surface area (Å²) in [5.74, 6) is -1.14. The average Bonchev–Trinajstić information content (AvgIpc) is 2.86. The van der Waals surface area contributed by atoms with Gasteiger partial charge in [0.2, 0.25) is 11.8 Å². The van der Waals surface area contributed by atoms with E-state index in [9.17, 15) is 18.8 Å². The summed E-state index contributed by atoms with van der Waals surface area (Å²) < 4.78 is 14.3. The van der Waals surface area contributed by atoms with E-state index in [1.165, 1.54) is 17.7 Å². The first-order chi connectivity index (χ1) is 17.1. The lowest BCUT2D eigenvalue weighted by molar-refractivity contribution is -0.143. The molecule has 2 heterocycles. The first-order valence-corrected chi connectivity index (χ1v) is 12.8. The highest BCUT2D eigenvalue weighted by atomic mass is 19.1. The Kier molecular flexibility index (Phi) is 7.48. The van der Waals surface area contributed by atoms with Gasteiger partial charge in [-0.15, -0.1) is 0 Å². The number of aryl methyl sites for hydroxylation is 1. The number of benzene rings is 2. The zero-order valence-electron chi connectivity index (χ0n) is 21.6. The van der Waals surface area contributed by atoms with Gasteiger partial charge in [-0.05, 0) is 48.8 Å². The summed E-state index contributed by atoms with van der Waals surface area (Å²) in [4.78, 5) is 42.8. The van der Waals surface area contributed by atoms with Crippen LogP contribution < -0.4 is 5.32 Å². The Morgan fingerprint density at radius 1 is 1.08 bits per heavy atom. The number of halogens is 1. The fourth-order valence-corrected chi connectivity index (χ4v) is 5.71. The lowest BCUT2D eigenvalue weighted by Gasteiger charge is -2.51. The van der Waals surface area contributed by atoms with Gasteiger partial charge in [0.25, 0.3) is 5.91 Å². The van der Waals surface area contributed by atoms with Gasteiger partial charge in [-0.2, -0.15) is 0 Å². The van der Waals surface area contributed by atoms with Crippen molar-refractivity contribution in [3.63, 3.8) is 0 Å². The molecule has 2 aliphatic rings. The van der Waals surface area contributed by atoms with Crippen LogP contribution in [-0.4, -0.2) is 60.2 Å². The maximum Gasteiger partial charge on any atom is 0.254 e. The fraction of sp³-hybridized carbons (Fsp3) is 0.483. The van der Waals surface area contributed by atoms with Crippen molar-refractivity contribution in [3.05, 3.63) is 71.0 Å². The molecule has 6 nitrogen and oxygen atoms in total. The van der Waals surface area contributed by atoms with Gasteiger partial charge in [0, 0.05) is 39.0 Å². The monoisotopic (exact) mass is 493 g/mol. The molecule has 1 spiro atoms. The largest absolute Gasteiger partial charge is 0.345 e. The van der Waals surface area contributed by atoms with E-state index in [1.54, 1.807) is 17.9 Å². The van der Waals surface area contributed by atoms with Crippen LogP contribution in [0.3, 0.4) is 0 Å². The Bertz CT molecular complexity index is 1130. The third-order valence-corrected chi connectivity index (χ3v) is 7.98. The minimum atomic E-state index is -0.754. The number of rotatable bonds is 5. The van der Waals surface area contributed by atoms with Gasteiger partial charge >= 0.3 is 0 Å². The fourth-order valence-electron chi connectivity index (χ4n) is 5.71. The molecule has 192 valence electrons. The van der Waals surface area contributed by atoms with Crippen molar-refractivity contribution >= 4 is 17.7 Å². The number of likely N-dealkylation sites (N-methyl/N-ethyl adjacent to an activating group) is 1. The first kappa shape index (κ1) is 25.9. The molecule has 0 saturated carbocycles. The zero-order chi connectivity index (χ0) is 26.0. The minimum absolute atomic E-state index is 0.0541. The Balaban J connectivity index is 1.49. The van der Waals surface area contributed by atoms with E-state index < -0.39 is 17.8 Å². The summed E-state index contributed by atoms with van der Waals surface area (Å²) in [6.45, 7) is 7.27. The summed E-state index contributed by atoms with van der Waals surface area (Å²) in [5.41, 5.74) is 1.75. The summed E-state index contributed by atoms with van der Waals surface area (Å²) in [6, 6.07) is 13.9. The predicted octanol–water partition coefficient (Wildman–Crippen LogP) is 4.14. The summed E-state index contributed by atoms with van der Waals surface area (Å²) in [7, 11) is 1.86. The maximum absolute atomic E-state index is 14.3. The van der Waals surface area contributed by atoms with Gasteiger partial charge in [-0.25, -0.2) is 4.39 Å². The molecule has 0 radical (unpaired) electrons. The van der Waals surface area contributed by atoms with E-state index in [1.807, 2.05) is 44.0 Å². The topological polar surface area (TPSA) is 69.7 Å². The van der Waals surface area contributed by atoms with E-state index in [0.29, 0.717) is 26.1 Å². The van der Waals surface area contributed by atoms with Gasteiger partial charge in [0.1, 0.15) is 11.9 Å². The minimum Gasteiger partial charge on any atom is -0.345 e. The molecule has 7 heteroatoms. The summed E-state index contributed by atoms with van der Waals surface area (Å²) >= 11 is 0. The van der Waals surface area contributed by atoms with Crippen molar-refractivity contribution < 1.29 is 18.8 Å². The quantitative estimate of drug-likeness (QED) is 0.681. The Hall–Kier alpha value is -3.22. The highest BCUT2D eigenvalue weighted by Gasteiger charge is 2.48. The molecule has 2 fully saturated rings. The van der Waals surface area contributed by atoms with Crippen molar-refractivity contribution in [2.24, 2.45) is 11.3 Å². The number of hydrogen-bond donors (Lipinski definition) is 1. The molecular weight excluding hydrogens is 457 g/mol. The van der Waals surface area contributed by atoms with Crippen LogP contribution in [0.25, 0.3) is 0 Å². The molecular formula is C29H36FN3O3. The number of nitrogens with zero attached hydrogens (tertiary/aromatic N) is 2. The van der Waals surface area contributed by atoms with Gasteiger partial charge in [0.15, 0.2) is 0 Å². The van der Waals surface area contributed by atoms with Crippen molar-refractivity contribution in [2.45, 2.75) is 52.0 Å². The standard InChI is InChI=1S/C29H36FN3O3/c1-19(2)26(31-27(35)22-16-20(3)10-11-24(22)30)28(36)33-14-12-29(13-15-33)17-25(34)32(4)18-23(29)21-8-6-5-7-9-21/h5-11,16,19,23,26H,12-15,17-18H2,1-4H3,(H,31,35)/t23?,26-/m1/s1. The van der Waals surface area contributed by atoms with Gasteiger partial charge in [-0.1, -0.05) is 55.8 Å². The molecule has 1 unspecified atom stereocenters. The second-order valence-corrected chi connectivity index (χ2v) is 10.8. The number of nitrogens with one attached hydrogen (secondary N) is 1. The van der Waals surface area contributed by atoms with Crippen molar-refractivity contribution in [2.75, 3.05) is 26.7 Å². The Morgan fingerprint density at radius 3 is 2.39 bits per heavy atom. The molecule has 2 atom stereocenters. The summed E-state index contributed by atoms with van der Waals surface area (Å²) in [5, 5.41) is 2.79. The molecule has 4 rings (SSSR count). The number of piperidine rings is 2. The number of hydrogen-bond acceptors (Lipinski definition) is 3. The number of likely N-dealkylation sites (tertiary alicyclic amines) is 2. The molecule has 0 bridgehead atoms. The Labute approximate surface area is 212 Å². The molecule has 0 aromatic heterocycles. The second-order valence-electron chi connectivity index (χ2n) is 10.8. The van der Waals surface area contributed by atoms with Gasteiger partial charge in [0.05, 0.1) is 5.56 Å². The second kappa shape index (κ2) is 10.4. The first-order valence-electron chi connectivity index (χ1n) is 12.8. The number of carbonyl (C=O) groups excluding carboxylic acids is 3. The van der Waals surface area contributed by atoms with Crippen LogP contribution in [0.2, 0.25) is 0 Å². The van der Waals surface area contributed by atoms with Crippen molar-refractivity contribution in [1.29, 1.82) is 0 Å². The van der Waals surface area contributed by atoms with E-state index in [-0.39, 0.29) is 34.6 Å². The Morgan fingerprint density at radius 2 is 1.75 bits per heavy atom. The molecule has 2 aliphatic heterocycles. The highest BCUT2D eigenvalue weighted by molar-refractivity contribution is 5.98. The highest BCUT2D eigenvalue weighted by Crippen LogP contribution is 2.50. The van der Waals surface area contributed by atoms with E-state index in [4.69, 9.17) is 0 Å². The van der Waals surface area contributed by atoms with Crippen LogP contribution in [0.5, 0.6) is 0 Å². The van der Waals surface area contributed by atoms with Crippen LogP contribution in [0.1, 0.15) is 60.5 Å². The maximum atomic E-state index is 14.3. The molecule has 0 aliphatic carbocycles. The summed E-state index contributed by atoms with van der Waals surface area (Å²) in [6.07, 6.45) is 1.92. The molecule has 1 N–H and O–H groups in total. The SMILES string of the molecule is Cc1ccc(F)c(C(=O)N[C@@H](C(=O)N2CCC3(CC2)CC(=O)N(C)CC3c2ccccc2)C(C)C)c1. The third kappa shape index (κ3) is 5.15. The van der Waals surface area contributed by atoms with Crippen LogP contribution in [-0.2, 0) is 9.59 Å². The zero-order valence-corrected chi connectivity index (χ0v) is 21.6. The van der Waals surface area contributed by atoms with Crippen LogP contribution in [0.4, 0.5) is 4.39 Å². The number of carbonyl (C=O) groups is 3. The average molecular weight is 494 g/mol. The number of amides is 3. The van der Waals surface area contributed by atoms with Crippen molar-refractivity contribution in [1.82, 2.24) is 15.1 Å². The smallest absolute Gasteiger partial charge is 0.254 e. The van der Waals surface area contributed by atoms with Crippen molar-refractivity contribution in [3.8, 4) is 0 Å². The molecule has 2 aromatic carbocycles. The molecule has 2 saturated heterocycles. The van der Waals surface area contributed by atoms with E-state index >= 15 is 0 Å². The van der Waals surface area contributed by atoms with E-state index in [2.05, 4.69) is 17.4 Å². The lowest BCUT2D eigenvalue weighted by atomic mass is 9.62. The normalized spacial score (nSPS) is 20.5. The lowest BCUT2D eigenvalue weighted by Crippen LogP contribution is -2.57. The molecule has 36 heavy (non-hydrogen) atoms. The molecule has 3 amide bonds. The van der Waals surface area contributed by atoms with Gasteiger partial charge < -0.3 is 15.1 Å². The third-order valence-electron chi connectivity index (χ3n) is 7.98. The predicted molar refractivity (Wildman–Crippen MR) is 137 cm³/mol. The van der Waals surface area contributed by atoms with Crippen LogP contribution >= 0.6 is 0 Å². The van der Waals surface area contributed by atoms with E-state index in [0.717, 1.165) is 18.4 Å². The van der Waals surface area contributed by atoms with Gasteiger partial charge in [-0.3, -0.25) is 14.4 Å². The molecule has 2 aromatic rings. The van der Waals surface area contributed by atoms with Crippen LogP contribution in [0, 0.1) is 24.1 Å².